The molecule has 0 amide bonds. The largest absolute Gasteiger partial charge is 0.374 e. The molecule has 1 aromatic carbocycles. The van der Waals surface area contributed by atoms with E-state index in [0.29, 0.717) is 17.7 Å². The van der Waals surface area contributed by atoms with Crippen LogP contribution in [-0.4, -0.2) is 34.7 Å². The standard InChI is InChI=1S/C13H14N6S/c1-18(8-2-7-14)12-5-3-11(4-6-12)9-16-19-10-15-17-13(19)20/h3-6,9-10H,2,8H2,1H3,(H,17,20)/b16-9-. The van der Waals surface area contributed by atoms with Gasteiger partial charge in [0.15, 0.2) is 0 Å². The van der Waals surface area contributed by atoms with Crippen LogP contribution in [0.4, 0.5) is 5.69 Å². The van der Waals surface area contributed by atoms with Gasteiger partial charge in [-0.3, -0.25) is 5.10 Å². The second kappa shape index (κ2) is 6.63. The molecule has 0 aliphatic heterocycles. The molecule has 1 heterocycles. The second-order valence-electron chi connectivity index (χ2n) is 4.17. The summed E-state index contributed by atoms with van der Waals surface area (Å²) in [5, 5.41) is 19.2. The van der Waals surface area contributed by atoms with Crippen LogP contribution in [-0.2, 0) is 0 Å². The Labute approximate surface area is 122 Å². The number of hydrogen-bond donors (Lipinski definition) is 1. The van der Waals surface area contributed by atoms with Crippen LogP contribution in [0.2, 0.25) is 0 Å². The molecule has 2 aromatic rings. The van der Waals surface area contributed by atoms with Crippen molar-refractivity contribution in [2.45, 2.75) is 6.42 Å². The average Bonchev–Trinajstić information content (AvgIpc) is 2.88. The minimum atomic E-state index is 0.453. The molecule has 0 atom stereocenters. The van der Waals surface area contributed by atoms with E-state index < -0.39 is 0 Å². The molecule has 1 aromatic heterocycles. The van der Waals surface area contributed by atoms with Gasteiger partial charge in [-0.25, -0.2) is 0 Å². The van der Waals surface area contributed by atoms with Gasteiger partial charge in [-0.15, -0.1) is 0 Å². The lowest BCUT2D eigenvalue weighted by atomic mass is 10.2. The van der Waals surface area contributed by atoms with Gasteiger partial charge in [-0.05, 0) is 29.9 Å². The van der Waals surface area contributed by atoms with Gasteiger partial charge in [0.25, 0.3) is 0 Å². The summed E-state index contributed by atoms with van der Waals surface area (Å²) in [4.78, 5) is 2.04. The predicted octanol–water partition coefficient (Wildman–Crippen LogP) is 2.17. The van der Waals surface area contributed by atoms with E-state index in [4.69, 9.17) is 17.5 Å². The number of aromatic nitrogens is 3. The number of nitrogens with zero attached hydrogens (tertiary/aromatic N) is 5. The zero-order valence-electron chi connectivity index (χ0n) is 11.0. The fourth-order valence-corrected chi connectivity index (χ4v) is 1.76. The molecule has 0 unspecified atom stereocenters. The van der Waals surface area contributed by atoms with E-state index in [9.17, 15) is 0 Å². The molecule has 20 heavy (non-hydrogen) atoms. The Morgan fingerprint density at radius 2 is 2.25 bits per heavy atom. The summed E-state index contributed by atoms with van der Waals surface area (Å²) in [7, 11) is 1.96. The van der Waals surface area contributed by atoms with Crippen LogP contribution in [0.3, 0.4) is 0 Å². The molecule has 0 aliphatic carbocycles. The monoisotopic (exact) mass is 286 g/mol. The maximum Gasteiger partial charge on any atom is 0.216 e. The number of benzene rings is 1. The molecule has 0 spiro atoms. The van der Waals surface area contributed by atoms with Crippen molar-refractivity contribution in [2.24, 2.45) is 5.10 Å². The molecule has 6 nitrogen and oxygen atoms in total. The Morgan fingerprint density at radius 3 is 2.85 bits per heavy atom. The van der Waals surface area contributed by atoms with Crippen molar-refractivity contribution >= 4 is 24.1 Å². The van der Waals surface area contributed by atoms with Crippen LogP contribution in [0.15, 0.2) is 35.7 Å². The van der Waals surface area contributed by atoms with Crippen molar-refractivity contribution < 1.29 is 0 Å². The lowest BCUT2D eigenvalue weighted by Crippen LogP contribution is -2.17. The van der Waals surface area contributed by atoms with E-state index in [0.717, 1.165) is 11.3 Å². The highest BCUT2D eigenvalue weighted by atomic mass is 32.1. The van der Waals surface area contributed by atoms with Gasteiger partial charge in [-0.1, -0.05) is 12.1 Å². The predicted molar refractivity (Wildman–Crippen MR) is 80.3 cm³/mol. The topological polar surface area (TPSA) is 73.0 Å². The van der Waals surface area contributed by atoms with Crippen LogP contribution in [0.25, 0.3) is 0 Å². The number of H-pyrrole nitrogens is 1. The molecule has 0 saturated heterocycles. The first-order valence-corrected chi connectivity index (χ1v) is 6.46. The van der Waals surface area contributed by atoms with Crippen LogP contribution < -0.4 is 4.90 Å². The highest BCUT2D eigenvalue weighted by Crippen LogP contribution is 2.13. The van der Waals surface area contributed by atoms with E-state index in [1.54, 1.807) is 6.21 Å². The zero-order chi connectivity index (χ0) is 14.4. The highest BCUT2D eigenvalue weighted by Gasteiger charge is 1.99. The molecular formula is C13H14N6S. The van der Waals surface area contributed by atoms with Gasteiger partial charge in [0.2, 0.25) is 4.77 Å². The number of nitrogens with one attached hydrogen (secondary N) is 1. The Bertz CT molecular complexity index is 676. The van der Waals surface area contributed by atoms with Crippen molar-refractivity contribution in [3.63, 3.8) is 0 Å². The quantitative estimate of drug-likeness (QED) is 0.675. The Hall–Kier alpha value is -2.46. The third-order valence-corrected chi connectivity index (χ3v) is 3.04. The van der Waals surface area contributed by atoms with E-state index in [1.807, 2.05) is 36.2 Å². The van der Waals surface area contributed by atoms with E-state index in [-0.39, 0.29) is 0 Å². The molecule has 7 heteroatoms. The summed E-state index contributed by atoms with van der Waals surface area (Å²) in [5.74, 6) is 0. The van der Waals surface area contributed by atoms with Crippen LogP contribution in [0.1, 0.15) is 12.0 Å². The van der Waals surface area contributed by atoms with Gasteiger partial charge in [0.1, 0.15) is 6.33 Å². The van der Waals surface area contributed by atoms with Gasteiger partial charge >= 0.3 is 0 Å². The van der Waals surface area contributed by atoms with E-state index in [1.165, 1.54) is 11.0 Å². The van der Waals surface area contributed by atoms with Gasteiger partial charge < -0.3 is 4.90 Å². The average molecular weight is 286 g/mol. The third-order valence-electron chi connectivity index (χ3n) is 2.76. The smallest absolute Gasteiger partial charge is 0.216 e. The summed E-state index contributed by atoms with van der Waals surface area (Å²) < 4.78 is 1.94. The summed E-state index contributed by atoms with van der Waals surface area (Å²) in [6.45, 7) is 0.716. The summed E-state index contributed by atoms with van der Waals surface area (Å²) in [6.07, 6.45) is 3.74. The highest BCUT2D eigenvalue weighted by molar-refractivity contribution is 7.71. The van der Waals surface area contributed by atoms with Crippen LogP contribution >= 0.6 is 12.2 Å². The van der Waals surface area contributed by atoms with Crippen LogP contribution in [0, 0.1) is 16.1 Å². The molecule has 102 valence electrons. The minimum absolute atomic E-state index is 0.453. The molecule has 2 rings (SSSR count). The number of rotatable bonds is 5. The normalized spacial score (nSPS) is 10.6. The van der Waals surface area contributed by atoms with E-state index >= 15 is 0 Å². The number of hydrogen-bond acceptors (Lipinski definition) is 5. The third kappa shape index (κ3) is 3.52. The van der Waals surface area contributed by atoms with Crippen molar-refractivity contribution in [2.75, 3.05) is 18.5 Å². The zero-order valence-corrected chi connectivity index (χ0v) is 11.8. The number of nitriles is 1. The first-order valence-electron chi connectivity index (χ1n) is 6.05. The number of anilines is 1. The molecular weight excluding hydrogens is 272 g/mol. The SMILES string of the molecule is CN(CCC#N)c1ccc(/C=N\n2cn[nH]c2=S)cc1. The Morgan fingerprint density at radius 1 is 1.50 bits per heavy atom. The minimum Gasteiger partial charge on any atom is -0.374 e. The maximum atomic E-state index is 8.58. The number of aromatic amines is 1. The summed E-state index contributed by atoms with van der Waals surface area (Å²) in [6, 6.07) is 10.1. The van der Waals surface area contributed by atoms with Gasteiger partial charge in [-0.2, -0.15) is 20.1 Å². The molecule has 1 N–H and O–H groups in total. The lowest BCUT2D eigenvalue weighted by Gasteiger charge is -2.17. The first-order chi connectivity index (χ1) is 9.70. The molecule has 0 fully saturated rings. The van der Waals surface area contributed by atoms with Crippen molar-refractivity contribution in [3.05, 3.63) is 40.9 Å². The summed E-state index contributed by atoms with van der Waals surface area (Å²) >= 11 is 4.99. The molecule has 0 radical (unpaired) electrons. The fraction of sp³-hybridized carbons (Fsp3) is 0.231. The van der Waals surface area contributed by atoms with Crippen LogP contribution in [0.5, 0.6) is 0 Å². The molecule has 0 aliphatic rings. The summed E-state index contributed by atoms with van der Waals surface area (Å²) in [5.41, 5.74) is 2.03. The Kier molecular flexibility index (Phi) is 4.63. The van der Waals surface area contributed by atoms with Gasteiger partial charge in [0, 0.05) is 19.3 Å². The maximum absolute atomic E-state index is 8.58. The van der Waals surface area contributed by atoms with E-state index in [2.05, 4.69) is 21.4 Å². The first kappa shape index (κ1) is 14.0. The van der Waals surface area contributed by atoms with Crippen molar-refractivity contribution in [1.82, 2.24) is 14.9 Å². The molecule has 0 bridgehead atoms. The van der Waals surface area contributed by atoms with Crippen molar-refractivity contribution in [1.29, 1.82) is 5.26 Å². The second-order valence-corrected chi connectivity index (χ2v) is 4.56. The lowest BCUT2D eigenvalue weighted by molar-refractivity contribution is 0.862. The van der Waals surface area contributed by atoms with Crippen molar-refractivity contribution in [3.8, 4) is 6.07 Å². The fourth-order valence-electron chi connectivity index (χ4n) is 1.62. The van der Waals surface area contributed by atoms with Gasteiger partial charge in [0.05, 0.1) is 18.7 Å². The Balaban J connectivity index is 2.05. The molecule has 0 saturated carbocycles.